The lowest BCUT2D eigenvalue weighted by atomic mass is 10.0. The SMILES string of the molecule is Cc1ccc(F)c(NC(=O)C(=O)NCCN2CCCCC2C)c1. The van der Waals surface area contributed by atoms with Crippen LogP contribution in [0.5, 0.6) is 0 Å². The Labute approximate surface area is 136 Å². The third-order valence-electron chi connectivity index (χ3n) is 4.20. The third kappa shape index (κ3) is 5.03. The lowest BCUT2D eigenvalue weighted by Crippen LogP contribution is -2.44. The van der Waals surface area contributed by atoms with Crippen LogP contribution in [0, 0.1) is 12.7 Å². The molecule has 2 amide bonds. The van der Waals surface area contributed by atoms with Crippen molar-refractivity contribution in [3.05, 3.63) is 29.6 Å². The summed E-state index contributed by atoms with van der Waals surface area (Å²) in [6.07, 6.45) is 3.58. The van der Waals surface area contributed by atoms with E-state index in [1.165, 1.54) is 31.4 Å². The predicted octanol–water partition coefficient (Wildman–Crippen LogP) is 2.06. The van der Waals surface area contributed by atoms with Gasteiger partial charge in [0.1, 0.15) is 5.82 Å². The minimum atomic E-state index is -0.846. The molecular formula is C17H24FN3O2. The van der Waals surface area contributed by atoms with Gasteiger partial charge in [-0.1, -0.05) is 12.5 Å². The zero-order valence-electron chi connectivity index (χ0n) is 13.7. The van der Waals surface area contributed by atoms with Gasteiger partial charge in [-0.05, 0) is 50.9 Å². The molecule has 1 saturated heterocycles. The summed E-state index contributed by atoms with van der Waals surface area (Å²) in [6.45, 7) is 6.12. The van der Waals surface area contributed by atoms with Crippen molar-refractivity contribution in [3.63, 3.8) is 0 Å². The first kappa shape index (κ1) is 17.4. The first-order chi connectivity index (χ1) is 11.0. The van der Waals surface area contributed by atoms with E-state index in [0.717, 1.165) is 18.7 Å². The van der Waals surface area contributed by atoms with Crippen molar-refractivity contribution in [1.82, 2.24) is 10.2 Å². The highest BCUT2D eigenvalue weighted by Crippen LogP contribution is 2.16. The Bertz CT molecular complexity index is 577. The fourth-order valence-corrected chi connectivity index (χ4v) is 2.80. The molecule has 0 aromatic heterocycles. The molecule has 1 fully saturated rings. The van der Waals surface area contributed by atoms with Gasteiger partial charge in [0.15, 0.2) is 0 Å². The Hall–Kier alpha value is -1.95. The molecule has 5 nitrogen and oxygen atoms in total. The number of likely N-dealkylation sites (tertiary alicyclic amines) is 1. The number of hydrogen-bond acceptors (Lipinski definition) is 3. The number of hydrogen-bond donors (Lipinski definition) is 2. The van der Waals surface area contributed by atoms with Crippen molar-refractivity contribution in [1.29, 1.82) is 0 Å². The average molecular weight is 321 g/mol. The number of halogens is 1. The van der Waals surface area contributed by atoms with Crippen LogP contribution < -0.4 is 10.6 Å². The number of carbonyl (C=O) groups excluding carboxylic acids is 2. The van der Waals surface area contributed by atoms with Crippen LogP contribution in [0.25, 0.3) is 0 Å². The molecule has 1 aromatic carbocycles. The molecule has 23 heavy (non-hydrogen) atoms. The van der Waals surface area contributed by atoms with E-state index in [1.54, 1.807) is 13.0 Å². The maximum Gasteiger partial charge on any atom is 0.313 e. The minimum absolute atomic E-state index is 0.0230. The number of piperidine rings is 1. The maximum atomic E-state index is 13.6. The Kier molecular flexibility index (Phi) is 6.10. The van der Waals surface area contributed by atoms with Crippen LogP contribution in [-0.2, 0) is 9.59 Å². The summed E-state index contributed by atoms with van der Waals surface area (Å²) in [4.78, 5) is 25.9. The number of amides is 2. The first-order valence-corrected chi connectivity index (χ1v) is 8.07. The highest BCUT2D eigenvalue weighted by Gasteiger charge is 2.19. The van der Waals surface area contributed by atoms with Gasteiger partial charge in [-0.2, -0.15) is 0 Å². The minimum Gasteiger partial charge on any atom is -0.347 e. The third-order valence-corrected chi connectivity index (χ3v) is 4.20. The summed E-state index contributed by atoms with van der Waals surface area (Å²) < 4.78 is 13.6. The first-order valence-electron chi connectivity index (χ1n) is 8.07. The van der Waals surface area contributed by atoms with Crippen LogP contribution in [0.2, 0.25) is 0 Å². The number of nitrogens with zero attached hydrogens (tertiary/aromatic N) is 1. The van der Waals surface area contributed by atoms with Crippen LogP contribution in [-0.4, -0.2) is 42.4 Å². The van der Waals surface area contributed by atoms with Gasteiger partial charge in [0, 0.05) is 19.1 Å². The van der Waals surface area contributed by atoms with Gasteiger partial charge in [-0.3, -0.25) is 14.5 Å². The van der Waals surface area contributed by atoms with Gasteiger partial charge in [0.25, 0.3) is 0 Å². The molecule has 6 heteroatoms. The van der Waals surface area contributed by atoms with E-state index in [4.69, 9.17) is 0 Å². The maximum absolute atomic E-state index is 13.6. The van der Waals surface area contributed by atoms with Crippen molar-refractivity contribution >= 4 is 17.5 Å². The van der Waals surface area contributed by atoms with E-state index < -0.39 is 17.6 Å². The van der Waals surface area contributed by atoms with Gasteiger partial charge in [-0.15, -0.1) is 0 Å². The van der Waals surface area contributed by atoms with Crippen LogP contribution >= 0.6 is 0 Å². The van der Waals surface area contributed by atoms with Gasteiger partial charge in [0.05, 0.1) is 5.69 Å². The number of nitrogens with one attached hydrogen (secondary N) is 2. The van der Waals surface area contributed by atoms with E-state index in [9.17, 15) is 14.0 Å². The standard InChI is InChI=1S/C17H24FN3O2/c1-12-6-7-14(18)15(11-12)20-17(23)16(22)19-8-10-21-9-4-3-5-13(21)2/h6-7,11,13H,3-5,8-10H2,1-2H3,(H,19,22)(H,20,23). The Morgan fingerprint density at radius 3 is 2.83 bits per heavy atom. The molecule has 2 N–H and O–H groups in total. The van der Waals surface area contributed by atoms with Crippen molar-refractivity contribution in [3.8, 4) is 0 Å². The molecule has 0 spiro atoms. The molecule has 0 saturated carbocycles. The highest BCUT2D eigenvalue weighted by molar-refractivity contribution is 6.39. The smallest absolute Gasteiger partial charge is 0.313 e. The number of aryl methyl sites for hydroxylation is 1. The van der Waals surface area contributed by atoms with E-state index in [0.29, 0.717) is 12.6 Å². The van der Waals surface area contributed by atoms with Crippen molar-refractivity contribution in [2.75, 3.05) is 25.0 Å². The summed E-state index contributed by atoms with van der Waals surface area (Å²) in [6, 6.07) is 4.87. The Balaban J connectivity index is 1.78. The molecule has 0 radical (unpaired) electrons. The molecule has 1 unspecified atom stereocenters. The van der Waals surface area contributed by atoms with Gasteiger partial charge in [0.2, 0.25) is 0 Å². The monoisotopic (exact) mass is 321 g/mol. The fourth-order valence-electron chi connectivity index (χ4n) is 2.80. The summed E-state index contributed by atoms with van der Waals surface area (Å²) in [5.41, 5.74) is 0.830. The van der Waals surface area contributed by atoms with Crippen LogP contribution in [0.3, 0.4) is 0 Å². The zero-order chi connectivity index (χ0) is 16.8. The van der Waals surface area contributed by atoms with Crippen molar-refractivity contribution < 1.29 is 14.0 Å². The summed E-state index contributed by atoms with van der Waals surface area (Å²) in [5.74, 6) is -2.14. The van der Waals surface area contributed by atoms with Gasteiger partial charge < -0.3 is 10.6 Å². The van der Waals surface area contributed by atoms with E-state index in [1.807, 2.05) is 0 Å². The topological polar surface area (TPSA) is 61.4 Å². The van der Waals surface area contributed by atoms with Crippen molar-refractivity contribution in [2.45, 2.75) is 39.2 Å². The molecule has 1 aromatic rings. The quantitative estimate of drug-likeness (QED) is 0.835. The van der Waals surface area contributed by atoms with Crippen LogP contribution in [0.4, 0.5) is 10.1 Å². The zero-order valence-corrected chi connectivity index (χ0v) is 13.7. The predicted molar refractivity (Wildman–Crippen MR) is 87.7 cm³/mol. The van der Waals surface area contributed by atoms with Crippen LogP contribution in [0.1, 0.15) is 31.7 Å². The van der Waals surface area contributed by atoms with Crippen LogP contribution in [0.15, 0.2) is 18.2 Å². The van der Waals surface area contributed by atoms with Gasteiger partial charge >= 0.3 is 11.8 Å². The van der Waals surface area contributed by atoms with E-state index in [2.05, 4.69) is 22.5 Å². The second-order valence-corrected chi connectivity index (χ2v) is 6.07. The lowest BCUT2D eigenvalue weighted by Gasteiger charge is -2.33. The molecule has 1 atom stereocenters. The number of anilines is 1. The Morgan fingerprint density at radius 1 is 1.30 bits per heavy atom. The molecule has 0 bridgehead atoms. The number of carbonyl (C=O) groups is 2. The number of benzene rings is 1. The molecule has 1 aliphatic rings. The molecular weight excluding hydrogens is 297 g/mol. The Morgan fingerprint density at radius 2 is 2.09 bits per heavy atom. The van der Waals surface area contributed by atoms with E-state index >= 15 is 0 Å². The molecule has 126 valence electrons. The van der Waals surface area contributed by atoms with Gasteiger partial charge in [-0.25, -0.2) is 4.39 Å². The summed E-state index contributed by atoms with van der Waals surface area (Å²) in [7, 11) is 0. The highest BCUT2D eigenvalue weighted by atomic mass is 19.1. The molecule has 1 heterocycles. The molecule has 1 aliphatic heterocycles. The molecule has 0 aliphatic carbocycles. The summed E-state index contributed by atoms with van der Waals surface area (Å²) >= 11 is 0. The normalized spacial score (nSPS) is 18.5. The second-order valence-electron chi connectivity index (χ2n) is 6.07. The fraction of sp³-hybridized carbons (Fsp3) is 0.529. The van der Waals surface area contributed by atoms with Crippen molar-refractivity contribution in [2.24, 2.45) is 0 Å². The number of rotatable bonds is 4. The summed E-state index contributed by atoms with van der Waals surface area (Å²) in [5, 5.41) is 4.90. The lowest BCUT2D eigenvalue weighted by molar-refractivity contribution is -0.136. The largest absolute Gasteiger partial charge is 0.347 e. The average Bonchev–Trinajstić information content (AvgIpc) is 2.52. The second kappa shape index (κ2) is 8.06. The molecule has 2 rings (SSSR count). The van der Waals surface area contributed by atoms with E-state index in [-0.39, 0.29) is 5.69 Å².